The van der Waals surface area contributed by atoms with E-state index >= 15 is 0 Å². The first-order valence-electron chi connectivity index (χ1n) is 6.14. The van der Waals surface area contributed by atoms with Crippen LogP contribution in [0.5, 0.6) is 0 Å². The second-order valence-electron chi connectivity index (χ2n) is 4.42. The molecule has 1 heterocycles. The van der Waals surface area contributed by atoms with Gasteiger partial charge in [0.05, 0.1) is 12.0 Å². The summed E-state index contributed by atoms with van der Waals surface area (Å²) in [4.78, 5) is 13.7. The third kappa shape index (κ3) is 4.22. The maximum absolute atomic E-state index is 11.6. The highest BCUT2D eigenvalue weighted by Gasteiger charge is 2.08. The first-order valence-corrected chi connectivity index (χ1v) is 6.14. The number of pyridine rings is 1. The van der Waals surface area contributed by atoms with E-state index in [1.807, 2.05) is 13.8 Å². The molecule has 2 N–H and O–H groups in total. The Labute approximate surface area is 107 Å². The van der Waals surface area contributed by atoms with Gasteiger partial charge in [0.25, 0.3) is 5.56 Å². The number of anilines is 1. The third-order valence-electron chi connectivity index (χ3n) is 2.86. The quantitative estimate of drug-likeness (QED) is 0.812. The number of aromatic nitrogens is 1. The molecule has 0 amide bonds. The van der Waals surface area contributed by atoms with Crippen LogP contribution in [0.3, 0.4) is 0 Å². The van der Waals surface area contributed by atoms with Gasteiger partial charge >= 0.3 is 0 Å². The molecule has 1 aromatic heterocycles. The van der Waals surface area contributed by atoms with E-state index in [1.165, 1.54) is 6.07 Å². The Morgan fingerprint density at radius 1 is 1.56 bits per heavy atom. The van der Waals surface area contributed by atoms with Crippen molar-refractivity contribution in [1.82, 2.24) is 9.47 Å². The van der Waals surface area contributed by atoms with E-state index in [2.05, 4.69) is 11.0 Å². The largest absolute Gasteiger partial charge is 0.398 e. The van der Waals surface area contributed by atoms with Gasteiger partial charge in [0, 0.05) is 37.6 Å². The molecule has 1 rings (SSSR count). The zero-order valence-electron chi connectivity index (χ0n) is 11.0. The number of rotatable bonds is 6. The predicted molar refractivity (Wildman–Crippen MR) is 72.0 cm³/mol. The van der Waals surface area contributed by atoms with E-state index in [-0.39, 0.29) is 11.5 Å². The van der Waals surface area contributed by atoms with E-state index in [4.69, 9.17) is 11.0 Å². The molecule has 0 aliphatic carbocycles. The third-order valence-corrected chi connectivity index (χ3v) is 2.86. The van der Waals surface area contributed by atoms with Crippen molar-refractivity contribution in [2.24, 2.45) is 5.92 Å². The first kappa shape index (κ1) is 14.3. The molecule has 0 spiro atoms. The predicted octanol–water partition coefficient (Wildman–Crippen LogP) is 0.912. The lowest BCUT2D eigenvalue weighted by Gasteiger charge is -2.21. The number of nitrogen functional groups attached to an aromatic ring is 1. The fraction of sp³-hybridized carbons (Fsp3) is 0.538. The highest BCUT2D eigenvalue weighted by atomic mass is 16.1. The molecule has 1 aromatic rings. The van der Waals surface area contributed by atoms with E-state index < -0.39 is 0 Å². The van der Waals surface area contributed by atoms with E-state index in [1.54, 1.807) is 16.8 Å². The minimum absolute atomic E-state index is 0.00233. The van der Waals surface area contributed by atoms with Gasteiger partial charge in [-0.05, 0) is 19.5 Å². The van der Waals surface area contributed by atoms with E-state index in [0.717, 1.165) is 19.6 Å². The molecule has 0 fully saturated rings. The topological polar surface area (TPSA) is 75.0 Å². The van der Waals surface area contributed by atoms with Crippen LogP contribution in [0.1, 0.15) is 13.8 Å². The molecule has 0 bridgehead atoms. The molecule has 0 aliphatic heterocycles. The number of hydrogen-bond acceptors (Lipinski definition) is 4. The normalized spacial score (nSPS) is 12.3. The van der Waals surface area contributed by atoms with Gasteiger partial charge < -0.3 is 15.2 Å². The molecule has 18 heavy (non-hydrogen) atoms. The Kier molecular flexibility index (Phi) is 5.40. The average molecular weight is 248 g/mol. The molecule has 0 saturated heterocycles. The lowest BCUT2D eigenvalue weighted by Crippen LogP contribution is -2.33. The van der Waals surface area contributed by atoms with Gasteiger partial charge in [-0.3, -0.25) is 4.79 Å². The fourth-order valence-electron chi connectivity index (χ4n) is 1.78. The summed E-state index contributed by atoms with van der Waals surface area (Å²) in [5, 5.41) is 8.80. The molecule has 0 aliphatic rings. The van der Waals surface area contributed by atoms with Crippen LogP contribution >= 0.6 is 0 Å². The molecule has 98 valence electrons. The number of likely N-dealkylation sites (N-methyl/N-ethyl adjacent to an activating group) is 1. The van der Waals surface area contributed by atoms with Crippen LogP contribution in [0, 0.1) is 17.2 Å². The van der Waals surface area contributed by atoms with Gasteiger partial charge in [0.1, 0.15) is 0 Å². The molecule has 0 aromatic carbocycles. The Bertz CT molecular complexity index is 475. The molecular formula is C13H20N4O. The van der Waals surface area contributed by atoms with Gasteiger partial charge in [0.2, 0.25) is 0 Å². The molecule has 0 saturated carbocycles. The SMILES string of the molecule is CCN(CCn1cc(N)ccc1=O)CC(C)C#N. The van der Waals surface area contributed by atoms with Gasteiger partial charge in [-0.1, -0.05) is 6.92 Å². The summed E-state index contributed by atoms with van der Waals surface area (Å²) in [5.74, 6) is 0.00233. The molecule has 1 unspecified atom stereocenters. The van der Waals surface area contributed by atoms with Crippen LogP contribution in [-0.2, 0) is 6.54 Å². The molecule has 1 atom stereocenters. The average Bonchev–Trinajstić information content (AvgIpc) is 2.37. The zero-order chi connectivity index (χ0) is 13.5. The number of hydrogen-bond donors (Lipinski definition) is 1. The Morgan fingerprint density at radius 2 is 2.28 bits per heavy atom. The van der Waals surface area contributed by atoms with Crippen LogP contribution in [0.25, 0.3) is 0 Å². The van der Waals surface area contributed by atoms with Crippen LogP contribution in [0.4, 0.5) is 5.69 Å². The van der Waals surface area contributed by atoms with Gasteiger partial charge in [-0.2, -0.15) is 5.26 Å². The van der Waals surface area contributed by atoms with Crippen LogP contribution < -0.4 is 11.3 Å². The summed E-state index contributed by atoms with van der Waals surface area (Å²) in [7, 11) is 0. The van der Waals surface area contributed by atoms with Crippen molar-refractivity contribution in [2.75, 3.05) is 25.4 Å². The highest BCUT2D eigenvalue weighted by molar-refractivity contribution is 5.33. The van der Waals surface area contributed by atoms with Gasteiger partial charge in [-0.25, -0.2) is 0 Å². The van der Waals surface area contributed by atoms with Crippen LogP contribution in [0.2, 0.25) is 0 Å². The maximum atomic E-state index is 11.6. The van der Waals surface area contributed by atoms with E-state index in [9.17, 15) is 4.79 Å². The van der Waals surface area contributed by atoms with Crippen molar-refractivity contribution in [3.63, 3.8) is 0 Å². The second-order valence-corrected chi connectivity index (χ2v) is 4.42. The molecule has 5 heteroatoms. The van der Waals surface area contributed by atoms with Crippen molar-refractivity contribution in [2.45, 2.75) is 20.4 Å². The lowest BCUT2D eigenvalue weighted by molar-refractivity contribution is 0.257. The Balaban J connectivity index is 2.60. The minimum Gasteiger partial charge on any atom is -0.398 e. The molecular weight excluding hydrogens is 228 g/mol. The number of nitriles is 1. The second kappa shape index (κ2) is 6.82. The van der Waals surface area contributed by atoms with Gasteiger partial charge in [0.15, 0.2) is 0 Å². The summed E-state index contributed by atoms with van der Waals surface area (Å²) in [5.41, 5.74) is 6.19. The van der Waals surface area contributed by atoms with Crippen LogP contribution in [0.15, 0.2) is 23.1 Å². The molecule has 5 nitrogen and oxygen atoms in total. The summed E-state index contributed by atoms with van der Waals surface area (Å²) < 4.78 is 1.61. The smallest absolute Gasteiger partial charge is 0.250 e. The number of nitrogens with zero attached hydrogens (tertiary/aromatic N) is 3. The highest BCUT2D eigenvalue weighted by Crippen LogP contribution is 2.00. The van der Waals surface area contributed by atoms with Crippen molar-refractivity contribution in [3.8, 4) is 6.07 Å². The van der Waals surface area contributed by atoms with Crippen molar-refractivity contribution >= 4 is 5.69 Å². The fourth-order valence-corrected chi connectivity index (χ4v) is 1.78. The van der Waals surface area contributed by atoms with Crippen molar-refractivity contribution in [3.05, 3.63) is 28.7 Å². The summed E-state index contributed by atoms with van der Waals surface area (Å²) in [6, 6.07) is 5.30. The zero-order valence-corrected chi connectivity index (χ0v) is 11.0. The number of nitrogens with two attached hydrogens (primary N) is 1. The maximum Gasteiger partial charge on any atom is 0.250 e. The van der Waals surface area contributed by atoms with Crippen molar-refractivity contribution in [1.29, 1.82) is 5.26 Å². The first-order chi connectivity index (χ1) is 8.56. The Morgan fingerprint density at radius 3 is 2.89 bits per heavy atom. The monoisotopic (exact) mass is 248 g/mol. The summed E-state index contributed by atoms with van der Waals surface area (Å²) >= 11 is 0. The van der Waals surface area contributed by atoms with Crippen LogP contribution in [-0.4, -0.2) is 29.1 Å². The van der Waals surface area contributed by atoms with E-state index in [0.29, 0.717) is 12.2 Å². The minimum atomic E-state index is -0.0476. The standard InChI is InChI=1S/C13H20N4O/c1-3-16(9-11(2)8-14)6-7-17-10-12(15)4-5-13(17)18/h4-5,10-11H,3,6-7,9,15H2,1-2H3. The van der Waals surface area contributed by atoms with Crippen molar-refractivity contribution < 1.29 is 0 Å². The van der Waals surface area contributed by atoms with Gasteiger partial charge in [-0.15, -0.1) is 0 Å². The summed E-state index contributed by atoms with van der Waals surface area (Å²) in [6.07, 6.45) is 1.66. The Hall–Kier alpha value is -1.80. The molecule has 0 radical (unpaired) electrons. The lowest BCUT2D eigenvalue weighted by atomic mass is 10.2. The summed E-state index contributed by atoms with van der Waals surface area (Å²) in [6.45, 7) is 6.87.